The van der Waals surface area contributed by atoms with E-state index >= 15 is 0 Å². The maximum atomic E-state index is 11.1. The second-order valence-corrected chi connectivity index (χ2v) is 4.04. The maximum absolute atomic E-state index is 11.1. The van der Waals surface area contributed by atoms with Gasteiger partial charge in [0.1, 0.15) is 11.6 Å². The number of ether oxygens (including phenoxy) is 1. The van der Waals surface area contributed by atoms with E-state index in [0.29, 0.717) is 0 Å². The van der Waals surface area contributed by atoms with Crippen LogP contribution in [-0.2, 0) is 14.3 Å². The average Bonchev–Trinajstić information content (AvgIpc) is 2.01. The highest BCUT2D eigenvalue weighted by atomic mass is 16.6. The van der Waals surface area contributed by atoms with E-state index in [1.165, 1.54) is 0 Å². The van der Waals surface area contributed by atoms with Crippen molar-refractivity contribution in [2.24, 2.45) is 0 Å². The standard InChI is InChI=1S/C9H17NO5/c1-9(2,3)15-7(12)4-10-6(5-11)8(13)14/h6,10-11H,4-5H2,1-3H3,(H,13,14). The molecule has 1 atom stereocenters. The number of carbonyl (C=O) groups excluding carboxylic acids is 1. The number of aliphatic hydroxyl groups excluding tert-OH is 1. The number of hydrogen-bond donors (Lipinski definition) is 3. The first-order valence-corrected chi connectivity index (χ1v) is 4.55. The lowest BCUT2D eigenvalue weighted by molar-refractivity contribution is -0.154. The average molecular weight is 219 g/mol. The third kappa shape index (κ3) is 6.87. The molecule has 0 aromatic carbocycles. The molecule has 0 bridgehead atoms. The zero-order valence-corrected chi connectivity index (χ0v) is 9.11. The molecule has 6 heteroatoms. The minimum atomic E-state index is -1.21. The second kappa shape index (κ2) is 5.67. The Labute approximate surface area is 88.2 Å². The molecule has 0 aromatic rings. The molecule has 0 rings (SSSR count). The summed E-state index contributed by atoms with van der Waals surface area (Å²) in [6.45, 7) is 4.33. The summed E-state index contributed by atoms with van der Waals surface area (Å²) in [5.41, 5.74) is -0.600. The molecule has 0 saturated carbocycles. The minimum absolute atomic E-state index is 0.241. The van der Waals surface area contributed by atoms with Crippen LogP contribution in [0.5, 0.6) is 0 Å². The Balaban J connectivity index is 3.94. The van der Waals surface area contributed by atoms with Crippen LogP contribution in [0.15, 0.2) is 0 Å². The third-order valence-corrected chi connectivity index (χ3v) is 1.39. The van der Waals surface area contributed by atoms with Gasteiger partial charge in [-0.25, -0.2) is 0 Å². The van der Waals surface area contributed by atoms with Crippen molar-refractivity contribution in [2.75, 3.05) is 13.2 Å². The van der Waals surface area contributed by atoms with Crippen molar-refractivity contribution in [3.8, 4) is 0 Å². The first kappa shape index (κ1) is 13.9. The Morgan fingerprint density at radius 1 is 1.40 bits per heavy atom. The number of aliphatic hydroxyl groups is 1. The molecule has 6 nitrogen and oxygen atoms in total. The molecule has 0 radical (unpaired) electrons. The summed E-state index contributed by atoms with van der Waals surface area (Å²) >= 11 is 0. The quantitative estimate of drug-likeness (QED) is 0.532. The van der Waals surface area contributed by atoms with Crippen molar-refractivity contribution < 1.29 is 24.5 Å². The molecule has 0 saturated heterocycles. The summed E-state index contributed by atoms with van der Waals surface area (Å²) < 4.78 is 4.94. The Kier molecular flexibility index (Phi) is 5.24. The van der Waals surface area contributed by atoms with Crippen molar-refractivity contribution in [2.45, 2.75) is 32.4 Å². The van der Waals surface area contributed by atoms with Crippen molar-refractivity contribution in [3.05, 3.63) is 0 Å². The fourth-order valence-corrected chi connectivity index (χ4v) is 0.814. The molecule has 88 valence electrons. The maximum Gasteiger partial charge on any atom is 0.323 e. The predicted molar refractivity (Wildman–Crippen MR) is 52.4 cm³/mol. The van der Waals surface area contributed by atoms with Gasteiger partial charge in [0.15, 0.2) is 0 Å². The van der Waals surface area contributed by atoms with Gasteiger partial charge in [0.2, 0.25) is 0 Å². The lowest BCUT2D eigenvalue weighted by Gasteiger charge is -2.20. The van der Waals surface area contributed by atoms with Gasteiger partial charge in [-0.15, -0.1) is 0 Å². The highest BCUT2D eigenvalue weighted by Gasteiger charge is 2.20. The van der Waals surface area contributed by atoms with E-state index in [2.05, 4.69) is 5.32 Å². The molecule has 0 amide bonds. The first-order valence-electron chi connectivity index (χ1n) is 4.55. The molecule has 0 fully saturated rings. The highest BCUT2D eigenvalue weighted by molar-refractivity contribution is 5.76. The van der Waals surface area contributed by atoms with E-state index in [4.69, 9.17) is 14.9 Å². The molecule has 0 aliphatic rings. The smallest absolute Gasteiger partial charge is 0.323 e. The minimum Gasteiger partial charge on any atom is -0.480 e. The summed E-state index contributed by atoms with van der Waals surface area (Å²) in [6, 6.07) is -1.14. The summed E-state index contributed by atoms with van der Waals surface area (Å²) in [5.74, 6) is -1.76. The van der Waals surface area contributed by atoms with Crippen LogP contribution in [-0.4, -0.2) is 46.9 Å². The number of nitrogens with one attached hydrogen (secondary N) is 1. The van der Waals surface area contributed by atoms with Crippen molar-refractivity contribution >= 4 is 11.9 Å². The zero-order valence-electron chi connectivity index (χ0n) is 9.11. The van der Waals surface area contributed by atoms with E-state index in [9.17, 15) is 9.59 Å². The van der Waals surface area contributed by atoms with Crippen LogP contribution in [0, 0.1) is 0 Å². The Bertz CT molecular complexity index is 233. The molecule has 0 spiro atoms. The fraction of sp³-hybridized carbons (Fsp3) is 0.778. The Morgan fingerprint density at radius 3 is 2.27 bits per heavy atom. The van der Waals surface area contributed by atoms with E-state index in [0.717, 1.165) is 0 Å². The van der Waals surface area contributed by atoms with E-state index < -0.39 is 30.2 Å². The molecule has 0 aromatic heterocycles. The molecular weight excluding hydrogens is 202 g/mol. The SMILES string of the molecule is CC(C)(C)OC(=O)CNC(CO)C(=O)O. The van der Waals surface area contributed by atoms with Gasteiger partial charge in [-0.05, 0) is 20.8 Å². The van der Waals surface area contributed by atoms with E-state index in [1.807, 2.05) is 0 Å². The van der Waals surface area contributed by atoms with Gasteiger partial charge in [0.25, 0.3) is 0 Å². The predicted octanol–water partition coefficient (Wildman–Crippen LogP) is -0.637. The van der Waals surface area contributed by atoms with Crippen LogP contribution in [0.25, 0.3) is 0 Å². The third-order valence-electron chi connectivity index (χ3n) is 1.39. The van der Waals surface area contributed by atoms with Gasteiger partial charge >= 0.3 is 11.9 Å². The van der Waals surface area contributed by atoms with Crippen molar-refractivity contribution in [1.29, 1.82) is 0 Å². The summed E-state index contributed by atoms with van der Waals surface area (Å²) in [5, 5.41) is 19.6. The Hall–Kier alpha value is -1.14. The van der Waals surface area contributed by atoms with Gasteiger partial charge in [-0.3, -0.25) is 14.9 Å². The monoisotopic (exact) mass is 219 g/mol. The van der Waals surface area contributed by atoms with Crippen LogP contribution in [0.4, 0.5) is 0 Å². The molecule has 0 aliphatic heterocycles. The van der Waals surface area contributed by atoms with Gasteiger partial charge in [0.05, 0.1) is 13.2 Å². The molecule has 1 unspecified atom stereocenters. The van der Waals surface area contributed by atoms with Crippen molar-refractivity contribution in [1.82, 2.24) is 5.32 Å². The van der Waals surface area contributed by atoms with Crippen LogP contribution >= 0.6 is 0 Å². The van der Waals surface area contributed by atoms with E-state index in [-0.39, 0.29) is 6.54 Å². The summed E-state index contributed by atoms with van der Waals surface area (Å²) in [4.78, 5) is 21.6. The Morgan fingerprint density at radius 2 is 1.93 bits per heavy atom. The summed E-state index contributed by atoms with van der Waals surface area (Å²) in [6.07, 6.45) is 0. The van der Waals surface area contributed by atoms with Crippen LogP contribution < -0.4 is 5.32 Å². The van der Waals surface area contributed by atoms with Gasteiger partial charge in [0, 0.05) is 0 Å². The van der Waals surface area contributed by atoms with Crippen LogP contribution in [0.3, 0.4) is 0 Å². The van der Waals surface area contributed by atoms with E-state index in [1.54, 1.807) is 20.8 Å². The lowest BCUT2D eigenvalue weighted by Crippen LogP contribution is -2.43. The van der Waals surface area contributed by atoms with Gasteiger partial charge < -0.3 is 14.9 Å². The lowest BCUT2D eigenvalue weighted by atomic mass is 10.2. The number of rotatable bonds is 5. The molecular formula is C9H17NO5. The zero-order chi connectivity index (χ0) is 12.1. The topological polar surface area (TPSA) is 95.9 Å². The largest absolute Gasteiger partial charge is 0.480 e. The number of carboxylic acids is 1. The molecule has 3 N–H and O–H groups in total. The fourth-order valence-electron chi connectivity index (χ4n) is 0.814. The number of carbonyl (C=O) groups is 2. The summed E-state index contributed by atoms with van der Waals surface area (Å²) in [7, 11) is 0. The van der Waals surface area contributed by atoms with Crippen LogP contribution in [0.2, 0.25) is 0 Å². The second-order valence-electron chi connectivity index (χ2n) is 4.04. The number of esters is 1. The van der Waals surface area contributed by atoms with Gasteiger partial charge in [-0.2, -0.15) is 0 Å². The molecule has 0 heterocycles. The molecule has 0 aliphatic carbocycles. The first-order chi connectivity index (χ1) is 6.76. The molecule has 15 heavy (non-hydrogen) atoms. The highest BCUT2D eigenvalue weighted by Crippen LogP contribution is 2.06. The number of hydrogen-bond acceptors (Lipinski definition) is 5. The van der Waals surface area contributed by atoms with Crippen molar-refractivity contribution in [3.63, 3.8) is 0 Å². The normalized spacial score (nSPS) is 13.3. The van der Waals surface area contributed by atoms with Crippen LogP contribution in [0.1, 0.15) is 20.8 Å². The number of aliphatic carboxylic acids is 1. The van der Waals surface area contributed by atoms with Gasteiger partial charge in [-0.1, -0.05) is 0 Å². The number of carboxylic acid groups (broad SMARTS) is 1.